The van der Waals surface area contributed by atoms with Crippen molar-refractivity contribution in [2.75, 3.05) is 20.8 Å². The van der Waals surface area contributed by atoms with E-state index in [0.29, 0.717) is 22.4 Å². The van der Waals surface area contributed by atoms with Crippen molar-refractivity contribution in [3.05, 3.63) is 16.6 Å². The third-order valence-corrected chi connectivity index (χ3v) is 5.72. The minimum Gasteiger partial charge on any atom is -0.493 e. The Morgan fingerprint density at radius 1 is 1.26 bits per heavy atom. The summed E-state index contributed by atoms with van der Waals surface area (Å²) in [5.74, 6) is 0.804. The molecule has 1 unspecified atom stereocenters. The Kier molecular flexibility index (Phi) is 10.1. The van der Waals surface area contributed by atoms with Crippen LogP contribution < -0.4 is 19.9 Å². The van der Waals surface area contributed by atoms with Crippen molar-refractivity contribution >= 4 is 38.4 Å². The fourth-order valence-electron chi connectivity index (χ4n) is 2.00. The summed E-state index contributed by atoms with van der Waals surface area (Å²) < 4.78 is 38.5. The molecule has 1 rings (SSSR count). The van der Waals surface area contributed by atoms with Crippen LogP contribution in [0.2, 0.25) is 0 Å². The molecule has 9 heteroatoms. The molecule has 1 aromatic rings. The standard InChI is InChI=1S/C14H23BrN2O4S.ClH/c1-4-5-6-10(9-16)17-22(18,19)14-8-13(21-3)12(20-2)7-11(14)15;/h7-8,10,17H,4-6,9,16H2,1-3H3;1H. The number of hydrogen-bond acceptors (Lipinski definition) is 5. The highest BCUT2D eigenvalue weighted by Gasteiger charge is 2.24. The molecule has 6 nitrogen and oxygen atoms in total. The number of ether oxygens (including phenoxy) is 2. The number of methoxy groups -OCH3 is 2. The second-order valence-electron chi connectivity index (χ2n) is 4.83. The molecule has 0 bridgehead atoms. The van der Waals surface area contributed by atoms with Gasteiger partial charge in [0.2, 0.25) is 10.0 Å². The molecule has 0 aliphatic heterocycles. The van der Waals surface area contributed by atoms with Crippen molar-refractivity contribution in [3.8, 4) is 11.5 Å². The molecule has 0 radical (unpaired) electrons. The van der Waals surface area contributed by atoms with E-state index in [1.165, 1.54) is 20.3 Å². The van der Waals surface area contributed by atoms with E-state index in [9.17, 15) is 8.42 Å². The van der Waals surface area contributed by atoms with Gasteiger partial charge >= 0.3 is 0 Å². The maximum absolute atomic E-state index is 12.6. The smallest absolute Gasteiger partial charge is 0.242 e. The summed E-state index contributed by atoms with van der Waals surface area (Å²) in [5, 5.41) is 0. The lowest BCUT2D eigenvalue weighted by molar-refractivity contribution is 0.353. The lowest BCUT2D eigenvalue weighted by Gasteiger charge is -2.18. The van der Waals surface area contributed by atoms with Crippen LogP contribution in [0, 0.1) is 0 Å². The molecule has 3 N–H and O–H groups in total. The van der Waals surface area contributed by atoms with Gasteiger partial charge in [-0.05, 0) is 28.4 Å². The van der Waals surface area contributed by atoms with Crippen molar-refractivity contribution in [2.45, 2.75) is 37.1 Å². The van der Waals surface area contributed by atoms with Gasteiger partial charge in [-0.3, -0.25) is 0 Å². The third-order valence-electron chi connectivity index (χ3n) is 3.24. The van der Waals surface area contributed by atoms with Crippen molar-refractivity contribution < 1.29 is 17.9 Å². The van der Waals surface area contributed by atoms with Gasteiger partial charge in [-0.2, -0.15) is 0 Å². The fraction of sp³-hybridized carbons (Fsp3) is 0.571. The molecule has 0 saturated heterocycles. The topological polar surface area (TPSA) is 90.7 Å². The van der Waals surface area contributed by atoms with Crippen molar-refractivity contribution in [3.63, 3.8) is 0 Å². The first kappa shape index (κ1) is 22.5. The fourth-order valence-corrected chi connectivity index (χ4v) is 4.32. The average Bonchev–Trinajstić information content (AvgIpc) is 2.50. The van der Waals surface area contributed by atoms with E-state index in [1.54, 1.807) is 6.07 Å². The Labute approximate surface area is 152 Å². The van der Waals surface area contributed by atoms with Crippen LogP contribution in [0.1, 0.15) is 26.2 Å². The number of nitrogens with one attached hydrogen (secondary N) is 1. The molecule has 0 heterocycles. The quantitative estimate of drug-likeness (QED) is 0.627. The van der Waals surface area contributed by atoms with E-state index in [0.717, 1.165) is 12.8 Å². The normalized spacial score (nSPS) is 12.4. The number of sulfonamides is 1. The van der Waals surface area contributed by atoms with E-state index in [1.807, 2.05) is 6.92 Å². The van der Waals surface area contributed by atoms with Gasteiger partial charge in [-0.1, -0.05) is 19.8 Å². The highest BCUT2D eigenvalue weighted by Crippen LogP contribution is 2.35. The minimum absolute atomic E-state index is 0. The Morgan fingerprint density at radius 2 is 1.83 bits per heavy atom. The first-order valence-corrected chi connectivity index (χ1v) is 9.31. The van der Waals surface area contributed by atoms with E-state index < -0.39 is 10.0 Å². The van der Waals surface area contributed by atoms with Gasteiger partial charge in [-0.25, -0.2) is 13.1 Å². The maximum atomic E-state index is 12.6. The van der Waals surface area contributed by atoms with Crippen molar-refractivity contribution in [1.29, 1.82) is 0 Å². The van der Waals surface area contributed by atoms with Gasteiger partial charge in [0.15, 0.2) is 11.5 Å². The lowest BCUT2D eigenvalue weighted by atomic mass is 10.1. The highest BCUT2D eigenvalue weighted by molar-refractivity contribution is 9.10. The van der Waals surface area contributed by atoms with Crippen molar-refractivity contribution in [1.82, 2.24) is 4.72 Å². The summed E-state index contributed by atoms with van der Waals surface area (Å²) in [6.07, 6.45) is 2.60. The Morgan fingerprint density at radius 3 is 2.30 bits per heavy atom. The number of nitrogens with two attached hydrogens (primary N) is 1. The first-order chi connectivity index (χ1) is 10.4. The molecular weight excluding hydrogens is 408 g/mol. The van der Waals surface area contributed by atoms with Crippen LogP contribution in [0.15, 0.2) is 21.5 Å². The zero-order chi connectivity index (χ0) is 16.8. The lowest BCUT2D eigenvalue weighted by Crippen LogP contribution is -2.40. The van der Waals surface area contributed by atoms with E-state index in [4.69, 9.17) is 15.2 Å². The predicted octanol–water partition coefficient (Wildman–Crippen LogP) is 2.68. The monoisotopic (exact) mass is 430 g/mol. The molecule has 23 heavy (non-hydrogen) atoms. The number of unbranched alkanes of at least 4 members (excludes halogenated alkanes) is 1. The summed E-state index contributed by atoms with van der Waals surface area (Å²) in [7, 11) is -0.753. The predicted molar refractivity (Wildman–Crippen MR) is 97.2 cm³/mol. The minimum atomic E-state index is -3.70. The second-order valence-corrected chi connectivity index (χ2v) is 7.37. The summed E-state index contributed by atoms with van der Waals surface area (Å²) >= 11 is 3.27. The van der Waals surface area contributed by atoms with Crippen LogP contribution in [-0.4, -0.2) is 35.2 Å². The van der Waals surface area contributed by atoms with Gasteiger partial charge in [0.1, 0.15) is 4.90 Å². The molecule has 0 aromatic heterocycles. The van der Waals surface area contributed by atoms with Crippen LogP contribution >= 0.6 is 28.3 Å². The highest BCUT2D eigenvalue weighted by atomic mass is 79.9. The molecule has 0 aliphatic carbocycles. The third kappa shape index (κ3) is 6.11. The molecule has 134 valence electrons. The van der Waals surface area contributed by atoms with E-state index in [2.05, 4.69) is 20.7 Å². The number of benzene rings is 1. The molecule has 1 aromatic carbocycles. The summed E-state index contributed by atoms with van der Waals surface area (Å²) in [6, 6.07) is 2.71. The molecule has 1 atom stereocenters. The van der Waals surface area contributed by atoms with Crippen LogP contribution in [0.25, 0.3) is 0 Å². The summed E-state index contributed by atoms with van der Waals surface area (Å²) in [6.45, 7) is 2.30. The zero-order valence-electron chi connectivity index (χ0n) is 13.5. The summed E-state index contributed by atoms with van der Waals surface area (Å²) in [5.41, 5.74) is 5.66. The van der Waals surface area contributed by atoms with Gasteiger partial charge in [0.25, 0.3) is 0 Å². The van der Waals surface area contributed by atoms with Crippen molar-refractivity contribution in [2.24, 2.45) is 5.73 Å². The Hall–Kier alpha value is -0.540. The van der Waals surface area contributed by atoms with E-state index in [-0.39, 0.29) is 29.9 Å². The Bertz CT molecular complexity index is 599. The molecular formula is C14H24BrClN2O4S. The molecule has 0 saturated carbocycles. The van der Waals surface area contributed by atoms with Gasteiger partial charge in [0, 0.05) is 23.1 Å². The van der Waals surface area contributed by atoms with Crippen LogP contribution in [-0.2, 0) is 10.0 Å². The van der Waals surface area contributed by atoms with Crippen LogP contribution in [0.4, 0.5) is 0 Å². The van der Waals surface area contributed by atoms with Gasteiger partial charge in [-0.15, -0.1) is 12.4 Å². The number of halogens is 2. The molecule has 0 spiro atoms. The number of rotatable bonds is 9. The van der Waals surface area contributed by atoms with Gasteiger partial charge in [0.05, 0.1) is 14.2 Å². The van der Waals surface area contributed by atoms with Gasteiger partial charge < -0.3 is 15.2 Å². The zero-order valence-corrected chi connectivity index (χ0v) is 16.7. The largest absolute Gasteiger partial charge is 0.493 e. The van der Waals surface area contributed by atoms with E-state index >= 15 is 0 Å². The molecule has 0 amide bonds. The molecule has 0 fully saturated rings. The number of hydrogen-bond donors (Lipinski definition) is 2. The Balaban J connectivity index is 0.00000484. The average molecular weight is 432 g/mol. The maximum Gasteiger partial charge on any atom is 0.242 e. The van der Waals surface area contributed by atoms with Crippen LogP contribution in [0.3, 0.4) is 0 Å². The van der Waals surface area contributed by atoms with Crippen LogP contribution in [0.5, 0.6) is 11.5 Å². The second kappa shape index (κ2) is 10.4. The summed E-state index contributed by atoms with van der Waals surface area (Å²) in [4.78, 5) is 0.0973. The first-order valence-electron chi connectivity index (χ1n) is 7.03. The SMILES string of the molecule is CCCCC(CN)NS(=O)(=O)c1cc(OC)c(OC)cc1Br.Cl. The molecule has 0 aliphatic rings.